The van der Waals surface area contributed by atoms with Crippen molar-refractivity contribution in [1.82, 2.24) is 9.88 Å². The predicted octanol–water partition coefficient (Wildman–Crippen LogP) is 12.2. The van der Waals surface area contributed by atoms with Crippen molar-refractivity contribution in [2.45, 2.75) is 38.6 Å². The Balaban J connectivity index is 1.06. The Hall–Kier alpha value is -6.08. The molecule has 0 saturated carbocycles. The number of hydrogen-bond acceptors (Lipinski definition) is 5. The molecule has 262 valence electrons. The molecule has 0 fully saturated rings. The van der Waals surface area contributed by atoms with Crippen molar-refractivity contribution in [2.75, 3.05) is 0 Å². The van der Waals surface area contributed by atoms with Crippen molar-refractivity contribution in [3.05, 3.63) is 198 Å². The second-order valence-electron chi connectivity index (χ2n) is 14.1. The van der Waals surface area contributed by atoms with E-state index in [0.29, 0.717) is 5.84 Å². The molecule has 0 spiro atoms. The Labute approximate surface area is 328 Å². The van der Waals surface area contributed by atoms with E-state index < -0.39 is 0 Å². The van der Waals surface area contributed by atoms with Gasteiger partial charge in [-0.15, -0.1) is 0 Å². The first kappa shape index (κ1) is 32.4. The first-order chi connectivity index (χ1) is 27.2. The molecule has 3 aliphatic rings. The van der Waals surface area contributed by atoms with Gasteiger partial charge in [0, 0.05) is 42.5 Å². The van der Waals surface area contributed by atoms with E-state index in [1.165, 1.54) is 52.9 Å². The molecule has 2 aliphatic heterocycles. The molecule has 8 aromatic rings. The number of aromatic nitrogens is 1. The monoisotopic (exact) mass is 742 g/mol. The van der Waals surface area contributed by atoms with Crippen LogP contribution in [0.25, 0.3) is 39.0 Å². The number of amidine groups is 2. The van der Waals surface area contributed by atoms with Crippen LogP contribution in [0.5, 0.6) is 0 Å². The van der Waals surface area contributed by atoms with E-state index in [2.05, 4.69) is 155 Å². The van der Waals surface area contributed by atoms with E-state index in [1.54, 1.807) is 0 Å². The molecule has 11 rings (SSSR count). The summed E-state index contributed by atoms with van der Waals surface area (Å²) in [6.45, 7) is 0. The summed E-state index contributed by atoms with van der Waals surface area (Å²) in [5.41, 5.74) is 13.4. The highest BCUT2D eigenvalue weighted by atomic mass is 32.2. The standard InChI is InChI=1S/C49H34N4S2/c1-3-14-32(15-4-1)47-50-48(33-16-5-2-6-17-33)52-49(51-47)36-20-11-18-34(29-36)35-19-12-21-37(30-35)53-44-38-22-8-7-13-31(38)25-26-39(44)40-27-28-43-46(45(40)53)55-42-24-10-9-23-41(42)54-43/h1-24,27-30,47H,25-26H2,(H,50,51,52). The van der Waals surface area contributed by atoms with Crippen molar-refractivity contribution in [2.24, 2.45) is 9.98 Å². The number of fused-ring (bicyclic) bond motifs is 8. The smallest absolute Gasteiger partial charge is 0.159 e. The average molecular weight is 743 g/mol. The number of nitrogens with one attached hydrogen (secondary N) is 1. The molecule has 7 aromatic carbocycles. The second-order valence-corrected chi connectivity index (χ2v) is 16.3. The van der Waals surface area contributed by atoms with Crippen LogP contribution in [0.3, 0.4) is 0 Å². The molecular weight excluding hydrogens is 709 g/mol. The van der Waals surface area contributed by atoms with E-state index in [-0.39, 0.29) is 6.17 Å². The zero-order valence-corrected chi connectivity index (χ0v) is 31.4. The van der Waals surface area contributed by atoms with Gasteiger partial charge in [0.25, 0.3) is 0 Å². The van der Waals surface area contributed by atoms with Crippen LogP contribution in [-0.4, -0.2) is 16.2 Å². The average Bonchev–Trinajstić information content (AvgIpc) is 3.62. The number of rotatable bonds is 5. The van der Waals surface area contributed by atoms with Crippen LogP contribution in [0, 0.1) is 0 Å². The lowest BCUT2D eigenvalue weighted by Gasteiger charge is -2.24. The minimum absolute atomic E-state index is 0.249. The molecule has 3 heterocycles. The molecule has 1 N–H and O–H groups in total. The van der Waals surface area contributed by atoms with E-state index in [0.717, 1.165) is 52.2 Å². The summed E-state index contributed by atoms with van der Waals surface area (Å²) in [5, 5.41) is 4.94. The third-order valence-electron chi connectivity index (χ3n) is 10.8. The third-order valence-corrected chi connectivity index (χ3v) is 13.4. The fourth-order valence-corrected chi connectivity index (χ4v) is 10.6. The van der Waals surface area contributed by atoms with Crippen LogP contribution in [0.2, 0.25) is 0 Å². The topological polar surface area (TPSA) is 41.7 Å². The second kappa shape index (κ2) is 13.3. The van der Waals surface area contributed by atoms with Gasteiger partial charge in [-0.25, -0.2) is 9.98 Å². The van der Waals surface area contributed by atoms with Gasteiger partial charge in [-0.2, -0.15) is 0 Å². The van der Waals surface area contributed by atoms with Gasteiger partial charge in [0.1, 0.15) is 12.0 Å². The highest BCUT2D eigenvalue weighted by Gasteiger charge is 2.30. The molecule has 1 unspecified atom stereocenters. The Morgan fingerprint density at radius 1 is 0.564 bits per heavy atom. The Bertz CT molecular complexity index is 2860. The molecule has 0 amide bonds. The van der Waals surface area contributed by atoms with Gasteiger partial charge in [0.05, 0.1) is 16.1 Å². The van der Waals surface area contributed by atoms with Crippen LogP contribution in [0.4, 0.5) is 0 Å². The summed E-state index contributed by atoms with van der Waals surface area (Å²) in [6.07, 6.45) is 1.83. The highest BCUT2D eigenvalue weighted by Crippen LogP contribution is 2.54. The van der Waals surface area contributed by atoms with Gasteiger partial charge in [-0.05, 0) is 77.1 Å². The number of hydrogen-bond donors (Lipinski definition) is 1. The highest BCUT2D eigenvalue weighted by molar-refractivity contribution is 8.05. The van der Waals surface area contributed by atoms with Gasteiger partial charge in [0.2, 0.25) is 0 Å². The Morgan fingerprint density at radius 3 is 2.11 bits per heavy atom. The predicted molar refractivity (Wildman–Crippen MR) is 228 cm³/mol. The van der Waals surface area contributed by atoms with E-state index in [9.17, 15) is 0 Å². The van der Waals surface area contributed by atoms with Crippen LogP contribution >= 0.6 is 23.5 Å². The lowest BCUT2D eigenvalue weighted by molar-refractivity contribution is 0.674. The van der Waals surface area contributed by atoms with Crippen molar-refractivity contribution < 1.29 is 0 Å². The Kier molecular flexibility index (Phi) is 7.85. The van der Waals surface area contributed by atoms with Gasteiger partial charge >= 0.3 is 0 Å². The van der Waals surface area contributed by atoms with E-state index >= 15 is 0 Å². The number of benzene rings is 7. The lowest BCUT2D eigenvalue weighted by Crippen LogP contribution is -2.33. The van der Waals surface area contributed by atoms with E-state index in [4.69, 9.17) is 9.98 Å². The van der Waals surface area contributed by atoms with Gasteiger partial charge in [0.15, 0.2) is 5.84 Å². The normalized spacial score (nSPS) is 15.5. The third kappa shape index (κ3) is 5.63. The zero-order valence-electron chi connectivity index (χ0n) is 29.8. The molecule has 0 bridgehead atoms. The summed E-state index contributed by atoms with van der Waals surface area (Å²) in [4.78, 5) is 15.6. The van der Waals surface area contributed by atoms with Gasteiger partial charge < -0.3 is 9.88 Å². The first-order valence-corrected chi connectivity index (χ1v) is 20.4. The molecular formula is C49H34N4S2. The fourth-order valence-electron chi connectivity index (χ4n) is 8.23. The molecule has 0 saturated heterocycles. The number of aryl methyl sites for hydroxylation is 2. The minimum atomic E-state index is -0.249. The van der Waals surface area contributed by atoms with E-state index in [1.807, 2.05) is 47.8 Å². The van der Waals surface area contributed by atoms with Crippen molar-refractivity contribution >= 4 is 46.1 Å². The van der Waals surface area contributed by atoms with Crippen molar-refractivity contribution in [3.8, 4) is 28.1 Å². The maximum absolute atomic E-state index is 5.16. The maximum Gasteiger partial charge on any atom is 0.159 e. The number of nitrogens with zero attached hydrogens (tertiary/aromatic N) is 3. The molecule has 1 aromatic heterocycles. The number of aliphatic imine (C=N–C) groups is 2. The molecule has 6 heteroatoms. The summed E-state index contributed by atoms with van der Waals surface area (Å²) in [5.74, 6) is 1.53. The summed E-state index contributed by atoms with van der Waals surface area (Å²) in [6, 6.07) is 60.9. The first-order valence-electron chi connectivity index (χ1n) is 18.7. The summed E-state index contributed by atoms with van der Waals surface area (Å²) >= 11 is 3.79. The van der Waals surface area contributed by atoms with Crippen LogP contribution in [-0.2, 0) is 12.8 Å². The van der Waals surface area contributed by atoms with Crippen LogP contribution < -0.4 is 5.32 Å². The Morgan fingerprint density at radius 2 is 1.25 bits per heavy atom. The largest absolute Gasteiger partial charge is 0.344 e. The minimum Gasteiger partial charge on any atom is -0.344 e. The molecule has 0 radical (unpaired) electrons. The molecule has 55 heavy (non-hydrogen) atoms. The summed E-state index contributed by atoms with van der Waals surface area (Å²) in [7, 11) is 0. The van der Waals surface area contributed by atoms with Crippen LogP contribution in [0.1, 0.15) is 34.0 Å². The zero-order chi connectivity index (χ0) is 36.3. The maximum atomic E-state index is 5.16. The van der Waals surface area contributed by atoms with Crippen LogP contribution in [0.15, 0.2) is 199 Å². The summed E-state index contributed by atoms with van der Waals surface area (Å²) < 4.78 is 2.56. The molecule has 1 aliphatic carbocycles. The quantitative estimate of drug-likeness (QED) is 0.191. The van der Waals surface area contributed by atoms with Crippen molar-refractivity contribution in [1.29, 1.82) is 0 Å². The lowest BCUT2D eigenvalue weighted by atomic mass is 9.89. The van der Waals surface area contributed by atoms with Crippen molar-refractivity contribution in [3.63, 3.8) is 0 Å². The van der Waals surface area contributed by atoms with Gasteiger partial charge in [-0.1, -0.05) is 157 Å². The SMILES string of the molecule is c1ccc(C2=NC(c3cccc(-c4cccc(-n5c6c(c7ccc8c(c75)Sc5ccccc5S8)CCc5ccccc5-6)c4)c3)=NC(c3ccccc3)N2)cc1. The fraction of sp³-hybridized carbons (Fsp3) is 0.0612. The molecule has 4 nitrogen and oxygen atoms in total. The molecule has 1 atom stereocenters. The van der Waals surface area contributed by atoms with Gasteiger partial charge in [-0.3, -0.25) is 0 Å².